The Balaban J connectivity index is 0.000000153. The molecule has 0 bridgehead atoms. The molecular weight excluding hydrogens is 340 g/mol. The third kappa shape index (κ3) is 5.23. The van der Waals surface area contributed by atoms with Crippen molar-refractivity contribution >= 4 is 0 Å². The average molecular weight is 362 g/mol. The molecule has 2 saturated carbocycles. The van der Waals surface area contributed by atoms with Gasteiger partial charge in [0.05, 0.1) is 24.8 Å². The predicted molar refractivity (Wildman–Crippen MR) is 100 cm³/mol. The van der Waals surface area contributed by atoms with Gasteiger partial charge in [0.25, 0.3) is 0 Å². The lowest BCUT2D eigenvalue weighted by atomic mass is 10.2. The van der Waals surface area contributed by atoms with E-state index in [1.165, 1.54) is 38.1 Å². The molecule has 138 valence electrons. The number of ether oxygens (including phenoxy) is 1. The molecule has 0 radical (unpaired) electrons. The van der Waals surface area contributed by atoms with Crippen LogP contribution in [0.25, 0.3) is 0 Å². The van der Waals surface area contributed by atoms with E-state index < -0.39 is 0 Å². The molecule has 3 aromatic rings. The summed E-state index contributed by atoms with van der Waals surface area (Å²) in [5.41, 5.74) is 1.15. The maximum atomic E-state index is 8.83. The Morgan fingerprint density at radius 3 is 1.81 bits per heavy atom. The zero-order chi connectivity index (χ0) is 18.5. The minimum Gasteiger partial charge on any atom is -0.505 e. The molecule has 27 heavy (non-hydrogen) atoms. The smallest absolute Gasteiger partial charge is 0.156 e. The molecule has 5 rings (SSSR count). The highest BCUT2D eigenvalue weighted by atomic mass is 16.5. The molecule has 0 unspecified atom stereocenters. The lowest BCUT2D eigenvalue weighted by molar-refractivity contribution is 0.303. The van der Waals surface area contributed by atoms with Crippen molar-refractivity contribution < 1.29 is 9.84 Å². The van der Waals surface area contributed by atoms with Gasteiger partial charge in [0.1, 0.15) is 18.3 Å². The van der Waals surface area contributed by atoms with Crippen LogP contribution in [-0.2, 0) is 6.61 Å². The number of rotatable bonds is 5. The summed E-state index contributed by atoms with van der Waals surface area (Å²) in [5, 5.41) is 8.83. The summed E-state index contributed by atoms with van der Waals surface area (Å²) in [4.78, 5) is 16.6. The van der Waals surface area contributed by atoms with Crippen LogP contribution in [0.2, 0.25) is 0 Å². The second-order valence-corrected chi connectivity index (χ2v) is 6.90. The third-order valence-corrected chi connectivity index (χ3v) is 4.44. The summed E-state index contributed by atoms with van der Waals surface area (Å²) in [5.74, 6) is 3.87. The van der Waals surface area contributed by atoms with Gasteiger partial charge in [-0.15, -0.1) is 0 Å². The maximum absolute atomic E-state index is 8.83. The summed E-state index contributed by atoms with van der Waals surface area (Å²) in [6.45, 7) is 0.562. The second kappa shape index (κ2) is 8.12. The molecule has 0 atom stereocenters. The predicted octanol–water partition coefficient (Wildman–Crippen LogP) is 3.99. The molecule has 6 nitrogen and oxygen atoms in total. The van der Waals surface area contributed by atoms with E-state index >= 15 is 0 Å². The molecule has 2 heterocycles. The first-order valence-corrected chi connectivity index (χ1v) is 9.27. The van der Waals surface area contributed by atoms with E-state index in [2.05, 4.69) is 19.9 Å². The molecule has 2 aliphatic carbocycles. The maximum Gasteiger partial charge on any atom is 0.156 e. The number of hydrogen-bond donors (Lipinski definition) is 1. The van der Waals surface area contributed by atoms with Gasteiger partial charge in [-0.2, -0.15) is 0 Å². The summed E-state index contributed by atoms with van der Waals surface area (Å²) in [6.07, 6.45) is 11.3. The largest absolute Gasteiger partial charge is 0.505 e. The normalized spacial score (nSPS) is 15.6. The molecular formula is C21H22N4O2. The van der Waals surface area contributed by atoms with Gasteiger partial charge < -0.3 is 9.84 Å². The molecule has 6 heteroatoms. The van der Waals surface area contributed by atoms with Gasteiger partial charge in [0.15, 0.2) is 11.5 Å². The topological polar surface area (TPSA) is 81.0 Å². The molecule has 0 spiro atoms. The van der Waals surface area contributed by atoms with Crippen LogP contribution in [-0.4, -0.2) is 25.0 Å². The Morgan fingerprint density at radius 1 is 0.778 bits per heavy atom. The van der Waals surface area contributed by atoms with Crippen LogP contribution in [0.1, 0.15) is 54.7 Å². The molecule has 1 N–H and O–H groups in total. The van der Waals surface area contributed by atoms with Gasteiger partial charge in [0.2, 0.25) is 0 Å². The van der Waals surface area contributed by atoms with Gasteiger partial charge in [0, 0.05) is 11.8 Å². The van der Waals surface area contributed by atoms with Crippen molar-refractivity contribution in [3.63, 3.8) is 0 Å². The lowest BCUT2D eigenvalue weighted by Crippen LogP contribution is -1.98. The number of nitrogens with zero attached hydrogens (tertiary/aromatic N) is 4. The monoisotopic (exact) mass is 362 g/mol. The Kier molecular flexibility index (Phi) is 5.23. The second-order valence-electron chi connectivity index (χ2n) is 6.90. The number of hydrogen-bond acceptors (Lipinski definition) is 6. The van der Waals surface area contributed by atoms with Gasteiger partial charge in [-0.3, -0.25) is 0 Å². The Hall–Kier alpha value is -3.02. The third-order valence-electron chi connectivity index (χ3n) is 4.44. The van der Waals surface area contributed by atoms with Crippen LogP contribution in [0.4, 0.5) is 0 Å². The first kappa shape index (κ1) is 17.4. The molecule has 2 fully saturated rings. The molecule has 1 aromatic carbocycles. The Labute approximate surface area is 158 Å². The standard InChI is InChI=1S/C14H14N2O.C7H8N2O/c1-2-4-11(5-3-1)10-17-13-8-15-14(16-9-13)12-6-7-12;10-6-3-8-7(9-4-6)5-1-2-5/h1-5,8-9,12H,6-7,10H2;3-5,10H,1-2H2. The summed E-state index contributed by atoms with van der Waals surface area (Å²) < 4.78 is 5.62. The van der Waals surface area contributed by atoms with E-state index in [1.54, 1.807) is 12.4 Å². The van der Waals surface area contributed by atoms with Gasteiger partial charge in [-0.25, -0.2) is 19.9 Å². The summed E-state index contributed by atoms with van der Waals surface area (Å²) in [6, 6.07) is 10.1. The van der Waals surface area contributed by atoms with Crippen molar-refractivity contribution in [2.45, 2.75) is 44.1 Å². The summed E-state index contributed by atoms with van der Waals surface area (Å²) >= 11 is 0. The Morgan fingerprint density at radius 2 is 1.30 bits per heavy atom. The fourth-order valence-electron chi connectivity index (χ4n) is 2.58. The number of aromatic hydroxyl groups is 1. The van der Waals surface area contributed by atoms with E-state index in [1.807, 2.05) is 30.3 Å². The van der Waals surface area contributed by atoms with Crippen LogP contribution in [0.5, 0.6) is 11.5 Å². The highest BCUT2D eigenvalue weighted by Gasteiger charge is 2.26. The van der Waals surface area contributed by atoms with E-state index in [0.29, 0.717) is 18.4 Å². The van der Waals surface area contributed by atoms with Crippen LogP contribution >= 0.6 is 0 Å². The highest BCUT2D eigenvalue weighted by Crippen LogP contribution is 2.38. The van der Waals surface area contributed by atoms with E-state index in [4.69, 9.17) is 9.84 Å². The zero-order valence-corrected chi connectivity index (χ0v) is 15.0. The van der Waals surface area contributed by atoms with Gasteiger partial charge in [-0.1, -0.05) is 30.3 Å². The van der Waals surface area contributed by atoms with Crippen molar-refractivity contribution in [2.24, 2.45) is 0 Å². The SMILES string of the molecule is Oc1cnc(C2CC2)nc1.c1ccc(COc2cnc(C3CC3)nc2)cc1. The van der Waals surface area contributed by atoms with E-state index in [0.717, 1.165) is 23.0 Å². The number of aromatic nitrogens is 4. The van der Waals surface area contributed by atoms with Crippen molar-refractivity contribution in [3.05, 3.63) is 72.3 Å². The van der Waals surface area contributed by atoms with Gasteiger partial charge >= 0.3 is 0 Å². The van der Waals surface area contributed by atoms with Crippen LogP contribution in [0.3, 0.4) is 0 Å². The van der Waals surface area contributed by atoms with Crippen molar-refractivity contribution in [1.29, 1.82) is 0 Å². The van der Waals surface area contributed by atoms with Crippen LogP contribution < -0.4 is 4.74 Å². The Bertz CT molecular complexity index is 846. The first-order valence-electron chi connectivity index (χ1n) is 9.27. The first-order chi connectivity index (χ1) is 13.3. The fraction of sp³-hybridized carbons (Fsp3) is 0.333. The number of benzene rings is 1. The minimum atomic E-state index is 0.143. The van der Waals surface area contributed by atoms with Crippen molar-refractivity contribution in [1.82, 2.24) is 19.9 Å². The van der Waals surface area contributed by atoms with E-state index in [9.17, 15) is 0 Å². The zero-order valence-electron chi connectivity index (χ0n) is 15.0. The molecule has 2 aromatic heterocycles. The lowest BCUT2D eigenvalue weighted by Gasteiger charge is -2.05. The van der Waals surface area contributed by atoms with Crippen LogP contribution in [0, 0.1) is 0 Å². The quantitative estimate of drug-likeness (QED) is 0.739. The highest BCUT2D eigenvalue weighted by molar-refractivity contribution is 5.18. The van der Waals surface area contributed by atoms with Crippen molar-refractivity contribution in [2.75, 3.05) is 0 Å². The molecule has 0 aliphatic heterocycles. The molecule has 0 saturated heterocycles. The van der Waals surface area contributed by atoms with E-state index in [-0.39, 0.29) is 5.75 Å². The van der Waals surface area contributed by atoms with Gasteiger partial charge in [-0.05, 0) is 31.2 Å². The van der Waals surface area contributed by atoms with Crippen LogP contribution in [0.15, 0.2) is 55.1 Å². The molecule has 0 amide bonds. The minimum absolute atomic E-state index is 0.143. The average Bonchev–Trinajstić information content (AvgIpc) is 3.61. The van der Waals surface area contributed by atoms with Crippen molar-refractivity contribution in [3.8, 4) is 11.5 Å². The summed E-state index contributed by atoms with van der Waals surface area (Å²) in [7, 11) is 0. The molecule has 2 aliphatic rings. The fourth-order valence-corrected chi connectivity index (χ4v) is 2.58.